The molecule has 2 amide bonds. The molecule has 142 valence electrons. The lowest BCUT2D eigenvalue weighted by atomic mass is 9.86. The molecule has 5 heterocycles. The number of aromatic amines is 1. The second-order valence-corrected chi connectivity index (χ2v) is 7.19. The summed E-state index contributed by atoms with van der Waals surface area (Å²) in [6.45, 7) is 3.52. The van der Waals surface area contributed by atoms with Crippen molar-refractivity contribution in [2.24, 2.45) is 5.92 Å². The number of anilines is 1. The second-order valence-electron chi connectivity index (χ2n) is 7.19. The Morgan fingerprint density at radius 2 is 2.11 bits per heavy atom. The lowest BCUT2D eigenvalue weighted by Crippen LogP contribution is -2.44. The van der Waals surface area contributed by atoms with Gasteiger partial charge in [-0.15, -0.1) is 0 Å². The van der Waals surface area contributed by atoms with E-state index in [0.29, 0.717) is 24.8 Å². The summed E-state index contributed by atoms with van der Waals surface area (Å²) in [4.78, 5) is 35.0. The Kier molecular flexibility index (Phi) is 3.92. The minimum absolute atomic E-state index is 0.129. The zero-order valence-corrected chi connectivity index (χ0v) is 15.4. The Bertz CT molecular complexity index is 1130. The van der Waals surface area contributed by atoms with Crippen LogP contribution in [0.2, 0.25) is 0 Å². The fourth-order valence-corrected chi connectivity index (χ4v) is 3.90. The summed E-state index contributed by atoms with van der Waals surface area (Å²) in [5.74, 6) is 1.96. The minimum atomic E-state index is -0.160. The number of hydrogen-bond donors (Lipinski definition) is 2. The van der Waals surface area contributed by atoms with Crippen molar-refractivity contribution in [3.63, 3.8) is 0 Å². The van der Waals surface area contributed by atoms with E-state index in [9.17, 15) is 4.79 Å². The van der Waals surface area contributed by atoms with Crippen LogP contribution in [-0.2, 0) is 0 Å². The van der Waals surface area contributed by atoms with E-state index < -0.39 is 0 Å². The van der Waals surface area contributed by atoms with Crippen molar-refractivity contribution in [3.8, 4) is 0 Å². The Balaban J connectivity index is 1.45. The number of nitrogens with zero attached hydrogens (tertiary/aromatic N) is 6. The van der Waals surface area contributed by atoms with Crippen LogP contribution in [0, 0.1) is 5.92 Å². The number of urea groups is 1. The lowest BCUT2D eigenvalue weighted by Gasteiger charge is -2.36. The van der Waals surface area contributed by atoms with Crippen molar-refractivity contribution >= 4 is 28.5 Å². The molecular formula is C19H20N8O. The quantitative estimate of drug-likeness (QED) is 0.560. The van der Waals surface area contributed by atoms with Gasteiger partial charge in [-0.05, 0) is 18.4 Å². The highest BCUT2D eigenvalue weighted by Crippen LogP contribution is 2.33. The van der Waals surface area contributed by atoms with Gasteiger partial charge in [-0.25, -0.2) is 19.7 Å². The molecule has 2 atom stereocenters. The molecule has 4 aromatic heterocycles. The van der Waals surface area contributed by atoms with Crippen LogP contribution in [0.15, 0.2) is 43.2 Å². The summed E-state index contributed by atoms with van der Waals surface area (Å²) < 4.78 is 2.14. The molecule has 0 radical (unpaired) electrons. The van der Waals surface area contributed by atoms with E-state index in [1.807, 2.05) is 29.6 Å². The van der Waals surface area contributed by atoms with Crippen molar-refractivity contribution < 1.29 is 4.79 Å². The van der Waals surface area contributed by atoms with Crippen LogP contribution in [0.5, 0.6) is 0 Å². The molecule has 0 saturated carbocycles. The third-order valence-electron chi connectivity index (χ3n) is 5.46. The summed E-state index contributed by atoms with van der Waals surface area (Å²) >= 11 is 0. The summed E-state index contributed by atoms with van der Waals surface area (Å²) in [6.07, 6.45) is 11.1. The number of H-pyrrole nitrogens is 1. The van der Waals surface area contributed by atoms with Crippen LogP contribution in [-0.4, -0.2) is 53.3 Å². The summed E-state index contributed by atoms with van der Waals surface area (Å²) in [5.41, 5.74) is 2.78. The molecule has 0 aromatic carbocycles. The van der Waals surface area contributed by atoms with Crippen LogP contribution in [0.1, 0.15) is 25.1 Å². The Morgan fingerprint density at radius 1 is 1.21 bits per heavy atom. The number of imidazole rings is 1. The van der Waals surface area contributed by atoms with E-state index >= 15 is 0 Å². The molecule has 1 unspecified atom stereocenters. The van der Waals surface area contributed by atoms with Crippen LogP contribution in [0.25, 0.3) is 16.7 Å². The fraction of sp³-hybridized carbons (Fsp3) is 0.316. The number of amides is 2. The second kappa shape index (κ2) is 6.59. The summed E-state index contributed by atoms with van der Waals surface area (Å²) in [5, 5.41) is 2.83. The molecule has 0 spiro atoms. The van der Waals surface area contributed by atoms with Gasteiger partial charge in [0.25, 0.3) is 0 Å². The largest absolute Gasteiger partial charge is 0.345 e. The number of carbonyl (C=O) groups excluding carboxylic acids is 1. The summed E-state index contributed by atoms with van der Waals surface area (Å²) in [7, 11) is 0. The highest BCUT2D eigenvalue weighted by molar-refractivity contribution is 5.88. The zero-order chi connectivity index (χ0) is 19.1. The van der Waals surface area contributed by atoms with E-state index in [1.165, 1.54) is 0 Å². The smallest absolute Gasteiger partial charge is 0.323 e. The maximum Gasteiger partial charge on any atom is 0.323 e. The Morgan fingerprint density at radius 3 is 2.96 bits per heavy atom. The maximum atomic E-state index is 12.7. The van der Waals surface area contributed by atoms with Gasteiger partial charge in [0.1, 0.15) is 5.82 Å². The number of fused-ring (bicyclic) bond motifs is 3. The van der Waals surface area contributed by atoms with Gasteiger partial charge in [0.15, 0.2) is 11.5 Å². The first-order valence-corrected chi connectivity index (χ1v) is 9.32. The first-order valence-electron chi connectivity index (χ1n) is 9.32. The third kappa shape index (κ3) is 2.75. The minimum Gasteiger partial charge on any atom is -0.345 e. The summed E-state index contributed by atoms with van der Waals surface area (Å²) in [6, 6.07) is 1.85. The molecular weight excluding hydrogens is 356 g/mol. The van der Waals surface area contributed by atoms with Gasteiger partial charge in [-0.2, -0.15) is 0 Å². The van der Waals surface area contributed by atoms with Crippen LogP contribution in [0.3, 0.4) is 0 Å². The van der Waals surface area contributed by atoms with Crippen molar-refractivity contribution in [2.45, 2.75) is 19.3 Å². The van der Waals surface area contributed by atoms with Gasteiger partial charge >= 0.3 is 6.03 Å². The Labute approximate surface area is 160 Å². The van der Waals surface area contributed by atoms with Crippen LogP contribution in [0.4, 0.5) is 10.6 Å². The average Bonchev–Trinajstić information content (AvgIpc) is 3.35. The molecule has 1 aliphatic heterocycles. The van der Waals surface area contributed by atoms with Crippen molar-refractivity contribution in [1.29, 1.82) is 0 Å². The highest BCUT2D eigenvalue weighted by atomic mass is 16.2. The van der Waals surface area contributed by atoms with E-state index in [1.54, 1.807) is 18.6 Å². The monoisotopic (exact) mass is 376 g/mol. The molecule has 1 saturated heterocycles. The van der Waals surface area contributed by atoms with Gasteiger partial charge in [-0.3, -0.25) is 14.7 Å². The zero-order valence-electron chi connectivity index (χ0n) is 15.4. The fourth-order valence-electron chi connectivity index (χ4n) is 3.90. The molecule has 5 rings (SSSR count). The molecule has 4 aromatic rings. The van der Waals surface area contributed by atoms with E-state index in [4.69, 9.17) is 4.98 Å². The molecule has 9 heteroatoms. The normalized spacial score (nSPS) is 20.0. The van der Waals surface area contributed by atoms with Crippen molar-refractivity contribution in [2.75, 3.05) is 18.4 Å². The van der Waals surface area contributed by atoms with Crippen LogP contribution < -0.4 is 5.32 Å². The number of rotatable bonds is 2. The van der Waals surface area contributed by atoms with Gasteiger partial charge in [-0.1, -0.05) is 6.92 Å². The first kappa shape index (κ1) is 16.7. The van der Waals surface area contributed by atoms with E-state index in [0.717, 1.165) is 28.9 Å². The third-order valence-corrected chi connectivity index (χ3v) is 5.46. The van der Waals surface area contributed by atoms with Crippen LogP contribution >= 0.6 is 0 Å². The predicted octanol–water partition coefficient (Wildman–Crippen LogP) is 2.66. The molecule has 0 bridgehead atoms. The average molecular weight is 376 g/mol. The maximum absolute atomic E-state index is 12.7. The van der Waals surface area contributed by atoms with Gasteiger partial charge in [0, 0.05) is 37.6 Å². The standard InChI is InChI=1S/C19H20N8O/c1-12-3-7-26(19(28)25-16-10-20-5-6-21-16)11-14(12)18-24-9-13-8-23-17-15(27(13)18)2-4-22-17/h2,4-6,8-10,12,14,22H,3,7,11H2,1H3,(H,21,25,28)/t12-,14?/m1/s1. The Hall–Kier alpha value is -3.49. The topological polar surface area (TPSA) is 104 Å². The number of nitrogens with one attached hydrogen (secondary N) is 2. The molecule has 1 fully saturated rings. The highest BCUT2D eigenvalue weighted by Gasteiger charge is 2.33. The number of piperidine rings is 1. The van der Waals surface area contributed by atoms with Crippen molar-refractivity contribution in [3.05, 3.63) is 49.1 Å². The molecule has 28 heavy (non-hydrogen) atoms. The SMILES string of the molecule is C[C@@H]1CCN(C(=O)Nc2cnccn2)CC1c1ncc2cnc3[nH]ccc3n12. The van der Waals surface area contributed by atoms with Gasteiger partial charge < -0.3 is 9.88 Å². The number of likely N-dealkylation sites (tertiary alicyclic amines) is 1. The number of aromatic nitrogens is 6. The number of hydrogen-bond acceptors (Lipinski definition) is 5. The first-order chi connectivity index (χ1) is 13.7. The van der Waals surface area contributed by atoms with Gasteiger partial charge in [0.2, 0.25) is 0 Å². The van der Waals surface area contributed by atoms with E-state index in [2.05, 4.69) is 36.6 Å². The molecule has 1 aliphatic rings. The van der Waals surface area contributed by atoms with Gasteiger partial charge in [0.05, 0.1) is 29.6 Å². The predicted molar refractivity (Wildman–Crippen MR) is 104 cm³/mol. The molecule has 2 N–H and O–H groups in total. The van der Waals surface area contributed by atoms with E-state index in [-0.39, 0.29) is 11.9 Å². The van der Waals surface area contributed by atoms with Crippen molar-refractivity contribution in [1.82, 2.24) is 34.2 Å². The molecule has 9 nitrogen and oxygen atoms in total. The molecule has 0 aliphatic carbocycles. The number of carbonyl (C=O) groups is 1. The lowest BCUT2D eigenvalue weighted by molar-refractivity contribution is 0.170.